The lowest BCUT2D eigenvalue weighted by Crippen LogP contribution is -2.08. The number of thiophene rings is 1. The van der Waals surface area contributed by atoms with E-state index in [2.05, 4.69) is 18.0 Å². The number of nitrogens with zero attached hydrogens (tertiary/aromatic N) is 2. The van der Waals surface area contributed by atoms with Gasteiger partial charge in [0.1, 0.15) is 15.8 Å². The first-order valence-corrected chi connectivity index (χ1v) is 7.37. The molecule has 1 saturated carbocycles. The lowest BCUT2D eigenvalue weighted by atomic mass is 9.89. The summed E-state index contributed by atoms with van der Waals surface area (Å²) in [5, 5.41) is 1.63. The van der Waals surface area contributed by atoms with Gasteiger partial charge in [-0.15, -0.1) is 11.3 Å². The molecule has 90 valence electrons. The highest BCUT2D eigenvalue weighted by Gasteiger charge is 2.20. The topological polar surface area (TPSA) is 25.8 Å². The predicted molar refractivity (Wildman–Crippen MR) is 73.0 cm³/mol. The van der Waals surface area contributed by atoms with Crippen molar-refractivity contribution in [1.29, 1.82) is 0 Å². The Bertz CT molecular complexity index is 544. The number of aromatic nitrogens is 2. The minimum absolute atomic E-state index is 0.521. The van der Waals surface area contributed by atoms with E-state index in [1.54, 1.807) is 11.3 Å². The van der Waals surface area contributed by atoms with Gasteiger partial charge < -0.3 is 0 Å². The quantitative estimate of drug-likeness (QED) is 0.699. The van der Waals surface area contributed by atoms with Crippen molar-refractivity contribution in [3.8, 4) is 0 Å². The van der Waals surface area contributed by atoms with Crippen LogP contribution in [0.1, 0.15) is 48.7 Å². The Balaban J connectivity index is 2.04. The molecule has 2 aromatic rings. The third-order valence-electron chi connectivity index (χ3n) is 3.46. The fraction of sp³-hybridized carbons (Fsp3) is 0.538. The number of fused-ring (bicyclic) bond motifs is 1. The molecule has 0 spiro atoms. The van der Waals surface area contributed by atoms with E-state index in [9.17, 15) is 0 Å². The number of hydrogen-bond donors (Lipinski definition) is 0. The third-order valence-corrected chi connectivity index (χ3v) is 4.69. The molecule has 1 aliphatic rings. The van der Waals surface area contributed by atoms with Crippen molar-refractivity contribution < 1.29 is 0 Å². The highest BCUT2D eigenvalue weighted by molar-refractivity contribution is 7.18. The molecule has 0 atom stereocenters. The molecule has 0 radical (unpaired) electrons. The zero-order valence-electron chi connectivity index (χ0n) is 9.87. The molecule has 2 heterocycles. The van der Waals surface area contributed by atoms with E-state index in [4.69, 9.17) is 16.6 Å². The second kappa shape index (κ2) is 4.54. The second-order valence-electron chi connectivity index (χ2n) is 4.78. The predicted octanol–water partition coefficient (Wildman–Crippen LogP) is 4.70. The molecule has 0 aliphatic heterocycles. The molecule has 0 amide bonds. The maximum Gasteiger partial charge on any atom is 0.141 e. The third kappa shape index (κ3) is 2.18. The SMILES string of the molecule is Cc1cc2c(Cl)nc(C3CCCCC3)nc2s1. The van der Waals surface area contributed by atoms with E-state index in [1.165, 1.54) is 37.0 Å². The summed E-state index contributed by atoms with van der Waals surface area (Å²) in [6, 6.07) is 2.08. The molecule has 1 aliphatic carbocycles. The molecule has 0 saturated heterocycles. The Morgan fingerprint density at radius 2 is 2.00 bits per heavy atom. The van der Waals surface area contributed by atoms with Crippen LogP contribution in [0.15, 0.2) is 6.07 Å². The first-order chi connectivity index (χ1) is 8.24. The Morgan fingerprint density at radius 3 is 2.76 bits per heavy atom. The van der Waals surface area contributed by atoms with Gasteiger partial charge in [0.15, 0.2) is 0 Å². The summed E-state index contributed by atoms with van der Waals surface area (Å²) in [4.78, 5) is 11.5. The standard InChI is InChI=1S/C13H15ClN2S/c1-8-7-10-11(14)15-12(16-13(10)17-8)9-5-3-2-4-6-9/h7,9H,2-6H2,1H3. The number of hydrogen-bond acceptors (Lipinski definition) is 3. The normalized spacial score (nSPS) is 17.8. The van der Waals surface area contributed by atoms with E-state index in [1.807, 2.05) is 0 Å². The molecule has 17 heavy (non-hydrogen) atoms. The van der Waals surface area contributed by atoms with Crippen molar-refractivity contribution in [1.82, 2.24) is 9.97 Å². The van der Waals surface area contributed by atoms with Crippen molar-refractivity contribution in [2.75, 3.05) is 0 Å². The Hall–Kier alpha value is -0.670. The van der Waals surface area contributed by atoms with Crippen LogP contribution in [0.3, 0.4) is 0 Å². The minimum atomic E-state index is 0.521. The van der Waals surface area contributed by atoms with Crippen LogP contribution in [0, 0.1) is 6.92 Å². The summed E-state index contributed by atoms with van der Waals surface area (Å²) in [6.07, 6.45) is 6.38. The van der Waals surface area contributed by atoms with Gasteiger partial charge in [-0.25, -0.2) is 9.97 Å². The van der Waals surface area contributed by atoms with Crippen molar-refractivity contribution in [2.45, 2.75) is 44.9 Å². The lowest BCUT2D eigenvalue weighted by molar-refractivity contribution is 0.429. The molecule has 4 heteroatoms. The van der Waals surface area contributed by atoms with Crippen LogP contribution in [0.5, 0.6) is 0 Å². The monoisotopic (exact) mass is 266 g/mol. The first kappa shape index (κ1) is 11.4. The fourth-order valence-corrected chi connectivity index (χ4v) is 3.74. The molecule has 2 aromatic heterocycles. The zero-order chi connectivity index (χ0) is 11.8. The second-order valence-corrected chi connectivity index (χ2v) is 6.38. The van der Waals surface area contributed by atoms with Gasteiger partial charge in [-0.05, 0) is 25.8 Å². The Morgan fingerprint density at radius 1 is 1.24 bits per heavy atom. The van der Waals surface area contributed by atoms with E-state index >= 15 is 0 Å². The van der Waals surface area contributed by atoms with Crippen molar-refractivity contribution in [3.05, 3.63) is 21.9 Å². The van der Waals surface area contributed by atoms with Gasteiger partial charge in [-0.3, -0.25) is 0 Å². The number of halogens is 1. The van der Waals surface area contributed by atoms with Gasteiger partial charge >= 0.3 is 0 Å². The summed E-state index contributed by atoms with van der Waals surface area (Å²) < 4.78 is 0. The Kier molecular flexibility index (Phi) is 3.05. The number of rotatable bonds is 1. The maximum absolute atomic E-state index is 6.25. The van der Waals surface area contributed by atoms with Gasteiger partial charge in [-0.2, -0.15) is 0 Å². The average Bonchev–Trinajstić information content (AvgIpc) is 2.71. The summed E-state index contributed by atoms with van der Waals surface area (Å²) in [7, 11) is 0. The fourth-order valence-electron chi connectivity index (χ4n) is 2.57. The summed E-state index contributed by atoms with van der Waals surface area (Å²) in [5.41, 5.74) is 0. The summed E-state index contributed by atoms with van der Waals surface area (Å²) in [6.45, 7) is 2.09. The molecule has 0 unspecified atom stereocenters. The summed E-state index contributed by atoms with van der Waals surface area (Å²) >= 11 is 7.96. The van der Waals surface area contributed by atoms with Gasteiger partial charge in [0, 0.05) is 16.2 Å². The van der Waals surface area contributed by atoms with Crippen LogP contribution in [0.2, 0.25) is 5.15 Å². The first-order valence-electron chi connectivity index (χ1n) is 6.17. The van der Waals surface area contributed by atoms with Crippen LogP contribution >= 0.6 is 22.9 Å². The summed E-state index contributed by atoms with van der Waals surface area (Å²) in [5.74, 6) is 1.48. The van der Waals surface area contributed by atoms with Crippen molar-refractivity contribution in [3.63, 3.8) is 0 Å². The van der Waals surface area contributed by atoms with Gasteiger partial charge in [0.05, 0.1) is 0 Å². The molecular weight excluding hydrogens is 252 g/mol. The van der Waals surface area contributed by atoms with Crippen LogP contribution in [-0.4, -0.2) is 9.97 Å². The lowest BCUT2D eigenvalue weighted by Gasteiger charge is -2.20. The largest absolute Gasteiger partial charge is 0.222 e. The molecule has 0 bridgehead atoms. The van der Waals surface area contributed by atoms with Gasteiger partial charge in [0.25, 0.3) is 0 Å². The van der Waals surface area contributed by atoms with Crippen molar-refractivity contribution in [2.24, 2.45) is 0 Å². The van der Waals surface area contributed by atoms with Crippen LogP contribution in [0.25, 0.3) is 10.2 Å². The maximum atomic E-state index is 6.25. The van der Waals surface area contributed by atoms with E-state index in [-0.39, 0.29) is 0 Å². The highest BCUT2D eigenvalue weighted by Crippen LogP contribution is 2.34. The Labute approximate surface area is 110 Å². The van der Waals surface area contributed by atoms with Crippen LogP contribution < -0.4 is 0 Å². The average molecular weight is 267 g/mol. The van der Waals surface area contributed by atoms with E-state index in [0.717, 1.165) is 16.0 Å². The molecule has 2 nitrogen and oxygen atoms in total. The minimum Gasteiger partial charge on any atom is -0.222 e. The van der Waals surface area contributed by atoms with Gasteiger partial charge in [0.2, 0.25) is 0 Å². The molecular formula is C13H15ClN2S. The molecule has 1 fully saturated rings. The van der Waals surface area contributed by atoms with E-state index in [0.29, 0.717) is 11.1 Å². The zero-order valence-corrected chi connectivity index (χ0v) is 11.4. The highest BCUT2D eigenvalue weighted by atomic mass is 35.5. The molecule has 0 aromatic carbocycles. The number of aryl methyl sites for hydroxylation is 1. The van der Waals surface area contributed by atoms with Crippen LogP contribution in [-0.2, 0) is 0 Å². The molecule has 3 rings (SSSR count). The van der Waals surface area contributed by atoms with Crippen molar-refractivity contribution >= 4 is 33.2 Å². The molecule has 0 N–H and O–H groups in total. The van der Waals surface area contributed by atoms with Gasteiger partial charge in [-0.1, -0.05) is 30.9 Å². The smallest absolute Gasteiger partial charge is 0.141 e. The van der Waals surface area contributed by atoms with Crippen LogP contribution in [0.4, 0.5) is 0 Å². The van der Waals surface area contributed by atoms with E-state index < -0.39 is 0 Å².